The van der Waals surface area contributed by atoms with Gasteiger partial charge in [0.05, 0.1) is 7.11 Å². The number of rotatable bonds is 4. The minimum absolute atomic E-state index is 0.0220. The average Bonchev–Trinajstić information content (AvgIpc) is 2.58. The summed E-state index contributed by atoms with van der Waals surface area (Å²) in [4.78, 5) is 51.1. The Labute approximate surface area is 175 Å². The maximum absolute atomic E-state index is 13.0. The Bertz CT molecular complexity index is 797. The van der Waals surface area contributed by atoms with Gasteiger partial charge in [-0.1, -0.05) is 30.3 Å². The van der Waals surface area contributed by atoms with E-state index in [1.165, 1.54) is 24.3 Å². The second kappa shape index (κ2) is 9.02. The fourth-order valence-corrected chi connectivity index (χ4v) is 2.48. The Morgan fingerprint density at radius 2 is 1.40 bits per heavy atom. The predicted molar refractivity (Wildman–Crippen MR) is 107 cm³/mol. The summed E-state index contributed by atoms with van der Waals surface area (Å²) in [6, 6.07) is 7.45. The van der Waals surface area contributed by atoms with Gasteiger partial charge in [0.15, 0.2) is 0 Å². The Morgan fingerprint density at radius 1 is 0.900 bits per heavy atom. The number of methoxy groups -OCH3 is 1. The summed E-state index contributed by atoms with van der Waals surface area (Å²) < 4.78 is 15.3. The molecule has 0 heterocycles. The van der Waals surface area contributed by atoms with Crippen molar-refractivity contribution in [1.29, 1.82) is 0 Å². The summed E-state index contributed by atoms with van der Waals surface area (Å²) in [5, 5.41) is 0.399. The van der Waals surface area contributed by atoms with Crippen molar-refractivity contribution in [2.75, 3.05) is 7.11 Å². The van der Waals surface area contributed by atoms with Crippen molar-refractivity contribution in [2.24, 2.45) is 5.73 Å². The van der Waals surface area contributed by atoms with Crippen LogP contribution in [-0.2, 0) is 29.3 Å². The summed E-state index contributed by atoms with van der Waals surface area (Å²) in [5.74, 6) is -2.48. The van der Waals surface area contributed by atoms with Gasteiger partial charge in [-0.25, -0.2) is 19.8 Å². The monoisotopic (exact) mass is 423 g/mol. The number of amides is 3. The first-order valence-corrected chi connectivity index (χ1v) is 9.12. The zero-order valence-corrected chi connectivity index (χ0v) is 18.3. The van der Waals surface area contributed by atoms with E-state index in [0.29, 0.717) is 5.01 Å². The number of nitrogens with zero attached hydrogens (tertiary/aromatic N) is 1. The quantitative estimate of drug-likeness (QED) is 0.328. The highest BCUT2D eigenvalue weighted by atomic mass is 16.6. The zero-order valence-electron chi connectivity index (χ0n) is 18.3. The Hall–Kier alpha value is -3.30. The molecule has 10 nitrogen and oxygen atoms in total. The van der Waals surface area contributed by atoms with Crippen LogP contribution in [0.5, 0.6) is 0 Å². The Balaban J connectivity index is 3.70. The molecule has 0 bridgehead atoms. The second-order valence-corrected chi connectivity index (χ2v) is 8.36. The molecular formula is C20H29N3O7. The minimum Gasteiger partial charge on any atom is -0.467 e. The Morgan fingerprint density at radius 3 is 1.80 bits per heavy atom. The lowest BCUT2D eigenvalue weighted by Gasteiger charge is -2.39. The van der Waals surface area contributed by atoms with E-state index >= 15 is 0 Å². The van der Waals surface area contributed by atoms with E-state index in [2.05, 4.69) is 5.43 Å². The van der Waals surface area contributed by atoms with Crippen LogP contribution < -0.4 is 11.2 Å². The molecule has 0 spiro atoms. The van der Waals surface area contributed by atoms with E-state index in [9.17, 15) is 19.2 Å². The highest BCUT2D eigenvalue weighted by Gasteiger charge is 2.57. The van der Waals surface area contributed by atoms with Crippen molar-refractivity contribution in [3.05, 3.63) is 35.9 Å². The highest BCUT2D eigenvalue weighted by molar-refractivity contribution is 6.09. The molecule has 166 valence electrons. The number of ether oxygens (including phenoxy) is 3. The van der Waals surface area contributed by atoms with E-state index < -0.39 is 40.8 Å². The van der Waals surface area contributed by atoms with E-state index in [1.54, 1.807) is 47.6 Å². The summed E-state index contributed by atoms with van der Waals surface area (Å²) >= 11 is 0. The molecule has 0 saturated carbocycles. The molecule has 1 aromatic rings. The van der Waals surface area contributed by atoms with Gasteiger partial charge >= 0.3 is 18.2 Å². The molecule has 10 heteroatoms. The highest BCUT2D eigenvalue weighted by Crippen LogP contribution is 2.31. The lowest BCUT2D eigenvalue weighted by molar-refractivity contribution is -0.163. The van der Waals surface area contributed by atoms with Gasteiger partial charge in [-0.2, -0.15) is 5.01 Å². The molecule has 0 aliphatic rings. The second-order valence-electron chi connectivity index (χ2n) is 8.36. The molecule has 0 aromatic heterocycles. The lowest BCUT2D eigenvalue weighted by Crippen LogP contribution is -2.68. The third-order valence-electron chi connectivity index (χ3n) is 3.54. The topological polar surface area (TPSA) is 137 Å². The standard InChI is InChI=1S/C20H29N3O7/c1-18(2,3)29-16(26)22-23(17(27)30-19(4,5)6)20(14(21)24,15(25)28-7)13-11-9-8-10-12-13/h8-12H,1-7H3,(H2,21,24)(H,22,26)/t20-/m0/s1. The molecule has 0 saturated heterocycles. The third-order valence-corrected chi connectivity index (χ3v) is 3.54. The van der Waals surface area contributed by atoms with E-state index in [-0.39, 0.29) is 5.56 Å². The van der Waals surface area contributed by atoms with E-state index in [1.807, 2.05) is 0 Å². The molecule has 30 heavy (non-hydrogen) atoms. The molecule has 3 N–H and O–H groups in total. The van der Waals surface area contributed by atoms with Gasteiger partial charge < -0.3 is 19.9 Å². The summed E-state index contributed by atoms with van der Waals surface area (Å²) in [5.41, 5.74) is 3.19. The summed E-state index contributed by atoms with van der Waals surface area (Å²) in [7, 11) is 1.02. The van der Waals surface area contributed by atoms with Crippen molar-refractivity contribution in [1.82, 2.24) is 10.4 Å². The smallest absolute Gasteiger partial charge is 0.431 e. The summed E-state index contributed by atoms with van der Waals surface area (Å²) in [6.07, 6.45) is -2.33. The largest absolute Gasteiger partial charge is 0.467 e. The molecule has 0 aliphatic carbocycles. The van der Waals surface area contributed by atoms with Crippen LogP contribution in [0.1, 0.15) is 47.1 Å². The fourth-order valence-electron chi connectivity index (χ4n) is 2.48. The van der Waals surface area contributed by atoms with Gasteiger partial charge in [0.25, 0.3) is 11.4 Å². The number of hydrogen-bond donors (Lipinski definition) is 2. The van der Waals surface area contributed by atoms with E-state index in [0.717, 1.165) is 7.11 Å². The first-order valence-electron chi connectivity index (χ1n) is 9.12. The number of esters is 1. The van der Waals surface area contributed by atoms with Gasteiger partial charge in [-0.05, 0) is 41.5 Å². The molecule has 0 radical (unpaired) electrons. The number of hydrazine groups is 1. The van der Waals surface area contributed by atoms with Crippen LogP contribution in [0.4, 0.5) is 9.59 Å². The van der Waals surface area contributed by atoms with Crippen LogP contribution in [0.2, 0.25) is 0 Å². The molecule has 0 fully saturated rings. The molecule has 1 rings (SSSR count). The van der Waals surface area contributed by atoms with Gasteiger partial charge in [-0.3, -0.25) is 4.79 Å². The zero-order chi connectivity index (χ0) is 23.3. The fraction of sp³-hybridized carbons (Fsp3) is 0.500. The normalized spacial score (nSPS) is 13.4. The number of hydrogen-bond acceptors (Lipinski definition) is 7. The maximum atomic E-state index is 13.0. The number of benzene rings is 1. The minimum atomic E-state index is -2.56. The van der Waals surface area contributed by atoms with Crippen LogP contribution in [0.15, 0.2) is 30.3 Å². The van der Waals surface area contributed by atoms with Crippen LogP contribution in [0.3, 0.4) is 0 Å². The number of carbonyl (C=O) groups is 4. The molecule has 0 unspecified atom stereocenters. The van der Waals surface area contributed by atoms with Crippen LogP contribution in [-0.4, -0.2) is 47.4 Å². The van der Waals surface area contributed by atoms with Crippen molar-refractivity contribution >= 4 is 24.1 Å². The van der Waals surface area contributed by atoms with Crippen molar-refractivity contribution in [2.45, 2.75) is 58.3 Å². The van der Waals surface area contributed by atoms with Crippen LogP contribution in [0, 0.1) is 0 Å². The molecular weight excluding hydrogens is 394 g/mol. The molecule has 1 aromatic carbocycles. The van der Waals surface area contributed by atoms with Gasteiger partial charge in [0, 0.05) is 5.56 Å². The van der Waals surface area contributed by atoms with Crippen LogP contribution in [0.25, 0.3) is 0 Å². The predicted octanol–water partition coefficient (Wildman–Crippen LogP) is 2.22. The van der Waals surface area contributed by atoms with Gasteiger partial charge in [0.1, 0.15) is 11.2 Å². The first-order chi connectivity index (χ1) is 13.6. The average molecular weight is 423 g/mol. The molecule has 1 atom stereocenters. The number of nitrogens with one attached hydrogen (secondary N) is 1. The maximum Gasteiger partial charge on any atom is 0.431 e. The molecule has 3 amide bonds. The van der Waals surface area contributed by atoms with Gasteiger partial charge in [0.2, 0.25) is 0 Å². The number of nitrogens with two attached hydrogens (primary N) is 1. The molecule has 0 aliphatic heterocycles. The van der Waals surface area contributed by atoms with Crippen molar-refractivity contribution in [3.63, 3.8) is 0 Å². The first kappa shape index (κ1) is 24.7. The van der Waals surface area contributed by atoms with E-state index in [4.69, 9.17) is 19.9 Å². The van der Waals surface area contributed by atoms with Gasteiger partial charge in [-0.15, -0.1) is 0 Å². The van der Waals surface area contributed by atoms with Crippen molar-refractivity contribution in [3.8, 4) is 0 Å². The van der Waals surface area contributed by atoms with Crippen LogP contribution >= 0.6 is 0 Å². The van der Waals surface area contributed by atoms with Crippen molar-refractivity contribution < 1.29 is 33.4 Å². The number of carbonyl (C=O) groups excluding carboxylic acids is 4. The summed E-state index contributed by atoms with van der Waals surface area (Å²) in [6.45, 7) is 9.52. The Kier molecular flexibility index (Phi) is 7.44. The lowest BCUT2D eigenvalue weighted by atomic mass is 9.88. The third kappa shape index (κ3) is 5.85. The number of primary amides is 1. The SMILES string of the molecule is COC(=O)[C@@](C(N)=O)(c1ccccc1)N(NC(=O)OC(C)(C)C)C(=O)OC(C)(C)C.